The molecule has 0 amide bonds. The van der Waals surface area contributed by atoms with Gasteiger partial charge >= 0.3 is 0 Å². The average molecular weight is 138 g/mol. The molecular formula is C10H18. The van der Waals surface area contributed by atoms with Crippen molar-refractivity contribution in [1.29, 1.82) is 0 Å². The van der Waals surface area contributed by atoms with Crippen LogP contribution in [0.15, 0.2) is 0 Å². The average Bonchev–Trinajstić information content (AvgIpc) is 2.57. The SMILES string of the molecule is CC1CC1CC1CC1(C)C. The fourth-order valence-corrected chi connectivity index (χ4v) is 2.07. The van der Waals surface area contributed by atoms with Gasteiger partial charge in [0.05, 0.1) is 0 Å². The molecule has 0 N–H and O–H groups in total. The van der Waals surface area contributed by atoms with E-state index >= 15 is 0 Å². The van der Waals surface area contributed by atoms with Crippen LogP contribution in [0.2, 0.25) is 0 Å². The Morgan fingerprint density at radius 2 is 1.90 bits per heavy atom. The lowest BCUT2D eigenvalue weighted by Crippen LogP contribution is -1.91. The van der Waals surface area contributed by atoms with Crippen LogP contribution < -0.4 is 0 Å². The molecule has 0 bridgehead atoms. The lowest BCUT2D eigenvalue weighted by Gasteiger charge is -2.00. The van der Waals surface area contributed by atoms with Gasteiger partial charge in [0.1, 0.15) is 0 Å². The second-order valence-electron chi connectivity index (χ2n) is 5.10. The molecule has 0 radical (unpaired) electrons. The quantitative estimate of drug-likeness (QED) is 0.550. The third-order valence-electron chi connectivity index (χ3n) is 3.58. The van der Waals surface area contributed by atoms with Gasteiger partial charge < -0.3 is 0 Å². The molecule has 0 nitrogen and oxygen atoms in total. The van der Waals surface area contributed by atoms with Crippen molar-refractivity contribution in [3.63, 3.8) is 0 Å². The predicted octanol–water partition coefficient (Wildman–Crippen LogP) is 3.08. The molecule has 2 saturated carbocycles. The van der Waals surface area contributed by atoms with E-state index in [1.807, 2.05) is 0 Å². The fraction of sp³-hybridized carbons (Fsp3) is 1.00. The summed E-state index contributed by atoms with van der Waals surface area (Å²) in [6.45, 7) is 7.20. The van der Waals surface area contributed by atoms with Crippen LogP contribution in [0.1, 0.15) is 40.0 Å². The molecule has 0 saturated heterocycles. The Hall–Kier alpha value is 0. The van der Waals surface area contributed by atoms with E-state index in [1.54, 1.807) is 0 Å². The van der Waals surface area contributed by atoms with Crippen molar-refractivity contribution in [2.75, 3.05) is 0 Å². The van der Waals surface area contributed by atoms with Crippen molar-refractivity contribution in [2.45, 2.75) is 40.0 Å². The van der Waals surface area contributed by atoms with Gasteiger partial charge in [-0.25, -0.2) is 0 Å². The molecule has 0 heteroatoms. The zero-order chi connectivity index (χ0) is 7.35. The van der Waals surface area contributed by atoms with Crippen molar-refractivity contribution in [3.05, 3.63) is 0 Å². The van der Waals surface area contributed by atoms with E-state index in [1.165, 1.54) is 19.3 Å². The maximum absolute atomic E-state index is 2.41. The molecule has 58 valence electrons. The van der Waals surface area contributed by atoms with Gasteiger partial charge in [-0.2, -0.15) is 0 Å². The first-order valence-corrected chi connectivity index (χ1v) is 4.59. The molecule has 0 aliphatic heterocycles. The normalized spacial score (nSPS) is 48.9. The van der Waals surface area contributed by atoms with Crippen LogP contribution in [-0.2, 0) is 0 Å². The van der Waals surface area contributed by atoms with Crippen LogP contribution in [0, 0.1) is 23.2 Å². The minimum atomic E-state index is 0.725. The summed E-state index contributed by atoms with van der Waals surface area (Å²) in [6.07, 6.45) is 4.55. The van der Waals surface area contributed by atoms with Gasteiger partial charge in [0, 0.05) is 0 Å². The molecule has 0 spiro atoms. The van der Waals surface area contributed by atoms with Crippen LogP contribution in [0.4, 0.5) is 0 Å². The maximum atomic E-state index is 2.41. The largest absolute Gasteiger partial charge is 0.0622 e. The van der Waals surface area contributed by atoms with Gasteiger partial charge in [0.2, 0.25) is 0 Å². The van der Waals surface area contributed by atoms with Crippen molar-refractivity contribution in [1.82, 2.24) is 0 Å². The van der Waals surface area contributed by atoms with Crippen LogP contribution in [-0.4, -0.2) is 0 Å². The lowest BCUT2D eigenvalue weighted by atomic mass is 10.1. The van der Waals surface area contributed by atoms with E-state index in [9.17, 15) is 0 Å². The summed E-state index contributed by atoms with van der Waals surface area (Å²) >= 11 is 0. The predicted molar refractivity (Wildman–Crippen MR) is 43.8 cm³/mol. The first-order chi connectivity index (χ1) is 4.59. The molecule has 3 unspecified atom stereocenters. The molecule has 2 aliphatic rings. The van der Waals surface area contributed by atoms with Crippen molar-refractivity contribution in [2.24, 2.45) is 23.2 Å². The summed E-state index contributed by atoms with van der Waals surface area (Å²) in [5, 5.41) is 0. The first-order valence-electron chi connectivity index (χ1n) is 4.59. The summed E-state index contributed by atoms with van der Waals surface area (Å²) in [7, 11) is 0. The van der Waals surface area contributed by atoms with Crippen LogP contribution in [0.5, 0.6) is 0 Å². The number of rotatable bonds is 2. The van der Waals surface area contributed by atoms with Crippen molar-refractivity contribution in [3.8, 4) is 0 Å². The van der Waals surface area contributed by atoms with E-state index in [0.717, 1.165) is 23.2 Å². The minimum Gasteiger partial charge on any atom is -0.0622 e. The monoisotopic (exact) mass is 138 g/mol. The highest BCUT2D eigenvalue weighted by molar-refractivity contribution is 4.99. The van der Waals surface area contributed by atoms with E-state index in [2.05, 4.69) is 20.8 Å². The summed E-state index contributed by atoms with van der Waals surface area (Å²) < 4.78 is 0. The van der Waals surface area contributed by atoms with Crippen molar-refractivity contribution < 1.29 is 0 Å². The molecule has 0 aromatic carbocycles. The fourth-order valence-electron chi connectivity index (χ4n) is 2.07. The summed E-state index contributed by atoms with van der Waals surface area (Å²) in [5.74, 6) is 3.27. The Balaban J connectivity index is 1.75. The van der Waals surface area contributed by atoms with Crippen molar-refractivity contribution >= 4 is 0 Å². The third-order valence-corrected chi connectivity index (χ3v) is 3.58. The zero-order valence-corrected chi connectivity index (χ0v) is 7.35. The molecule has 0 aromatic rings. The standard InChI is InChI=1S/C10H18/c1-7-4-8(7)5-9-6-10(9,2)3/h7-9H,4-6H2,1-3H3. The van der Waals surface area contributed by atoms with Crippen LogP contribution in [0.25, 0.3) is 0 Å². The Labute approximate surface area is 64.0 Å². The summed E-state index contributed by atoms with van der Waals surface area (Å²) in [6, 6.07) is 0. The topological polar surface area (TPSA) is 0 Å². The Morgan fingerprint density at radius 3 is 2.20 bits per heavy atom. The Bertz CT molecular complexity index is 146. The first kappa shape index (κ1) is 6.69. The van der Waals surface area contributed by atoms with Gasteiger partial charge in [-0.05, 0) is 42.4 Å². The lowest BCUT2D eigenvalue weighted by molar-refractivity contribution is 0.498. The minimum absolute atomic E-state index is 0.725. The van der Waals surface area contributed by atoms with E-state index in [0.29, 0.717) is 0 Å². The molecule has 2 fully saturated rings. The molecule has 0 aromatic heterocycles. The molecule has 2 aliphatic carbocycles. The second-order valence-corrected chi connectivity index (χ2v) is 5.10. The van der Waals surface area contributed by atoms with Gasteiger partial charge in [0.25, 0.3) is 0 Å². The van der Waals surface area contributed by atoms with Gasteiger partial charge in [0.15, 0.2) is 0 Å². The Morgan fingerprint density at radius 1 is 1.40 bits per heavy atom. The number of hydrogen-bond acceptors (Lipinski definition) is 0. The molecule has 2 rings (SSSR count). The highest BCUT2D eigenvalue weighted by atomic mass is 14.5. The maximum Gasteiger partial charge on any atom is -0.0323 e. The summed E-state index contributed by atoms with van der Waals surface area (Å²) in [4.78, 5) is 0. The highest BCUT2D eigenvalue weighted by Crippen LogP contribution is 2.58. The van der Waals surface area contributed by atoms with Crippen LogP contribution >= 0.6 is 0 Å². The highest BCUT2D eigenvalue weighted by Gasteiger charge is 2.49. The van der Waals surface area contributed by atoms with Gasteiger partial charge in [-0.15, -0.1) is 0 Å². The smallest absolute Gasteiger partial charge is 0.0323 e. The van der Waals surface area contributed by atoms with Gasteiger partial charge in [-0.1, -0.05) is 20.8 Å². The third kappa shape index (κ3) is 1.09. The van der Waals surface area contributed by atoms with E-state index in [4.69, 9.17) is 0 Å². The molecule has 10 heavy (non-hydrogen) atoms. The summed E-state index contributed by atoms with van der Waals surface area (Å²) in [5.41, 5.74) is 0.725. The van der Waals surface area contributed by atoms with Gasteiger partial charge in [-0.3, -0.25) is 0 Å². The molecule has 3 atom stereocenters. The van der Waals surface area contributed by atoms with E-state index < -0.39 is 0 Å². The zero-order valence-electron chi connectivity index (χ0n) is 7.35. The Kier molecular flexibility index (Phi) is 1.19. The molecule has 0 heterocycles. The second kappa shape index (κ2) is 1.78. The van der Waals surface area contributed by atoms with Crippen LogP contribution in [0.3, 0.4) is 0 Å². The van der Waals surface area contributed by atoms with E-state index in [-0.39, 0.29) is 0 Å². The molecular weight excluding hydrogens is 120 g/mol. The number of hydrogen-bond donors (Lipinski definition) is 0.